The van der Waals surface area contributed by atoms with Crippen molar-refractivity contribution in [1.82, 2.24) is 0 Å². The van der Waals surface area contributed by atoms with Crippen LogP contribution >= 0.6 is 11.6 Å². The molecule has 0 saturated heterocycles. The number of methoxy groups -OCH3 is 1. The number of aliphatic hydroxyl groups is 1. The van der Waals surface area contributed by atoms with Gasteiger partial charge in [-0.25, -0.2) is 13.2 Å². The minimum absolute atomic E-state index is 0.0662. The SMILES string of the molecule is COC(=O)c1ccc([C@H]2C(S(=O)(=O)c3ccccc3)=C(O)C(=O)N2c2cccc(Cl)c2)cc1. The average Bonchev–Trinajstić information content (AvgIpc) is 3.10. The highest BCUT2D eigenvalue weighted by atomic mass is 35.5. The van der Waals surface area contributed by atoms with Gasteiger partial charge in [0.15, 0.2) is 5.76 Å². The van der Waals surface area contributed by atoms with E-state index in [1.807, 2.05) is 0 Å². The number of amides is 1. The first-order valence-corrected chi connectivity index (χ1v) is 11.6. The minimum atomic E-state index is -4.26. The molecule has 7 nitrogen and oxygen atoms in total. The highest BCUT2D eigenvalue weighted by molar-refractivity contribution is 7.95. The van der Waals surface area contributed by atoms with Gasteiger partial charge < -0.3 is 9.84 Å². The van der Waals surface area contributed by atoms with Crippen molar-refractivity contribution >= 4 is 39.0 Å². The van der Waals surface area contributed by atoms with Gasteiger partial charge in [0, 0.05) is 10.7 Å². The Morgan fingerprint density at radius 3 is 2.27 bits per heavy atom. The number of carbonyl (C=O) groups excluding carboxylic acids is 2. The lowest BCUT2D eigenvalue weighted by Gasteiger charge is -2.27. The summed E-state index contributed by atoms with van der Waals surface area (Å²) in [6, 6.07) is 18.6. The van der Waals surface area contributed by atoms with Crippen LogP contribution in [0.25, 0.3) is 0 Å². The lowest BCUT2D eigenvalue weighted by atomic mass is 10.0. The summed E-state index contributed by atoms with van der Waals surface area (Å²) in [6.45, 7) is 0. The summed E-state index contributed by atoms with van der Waals surface area (Å²) in [7, 11) is -3.01. The van der Waals surface area contributed by atoms with Crippen molar-refractivity contribution in [3.63, 3.8) is 0 Å². The minimum Gasteiger partial charge on any atom is -0.502 e. The zero-order valence-electron chi connectivity index (χ0n) is 17.3. The lowest BCUT2D eigenvalue weighted by Crippen LogP contribution is -2.31. The van der Waals surface area contributed by atoms with Crippen LogP contribution in [-0.4, -0.2) is 32.5 Å². The van der Waals surface area contributed by atoms with Crippen LogP contribution in [0, 0.1) is 0 Å². The fraction of sp³-hybridized carbons (Fsp3) is 0.0833. The summed E-state index contributed by atoms with van der Waals surface area (Å²) in [6.07, 6.45) is 0. The summed E-state index contributed by atoms with van der Waals surface area (Å²) in [5.74, 6) is -2.32. The number of ether oxygens (including phenoxy) is 1. The number of anilines is 1. The number of halogens is 1. The monoisotopic (exact) mass is 483 g/mol. The van der Waals surface area contributed by atoms with E-state index in [4.69, 9.17) is 16.3 Å². The zero-order valence-corrected chi connectivity index (χ0v) is 18.9. The lowest BCUT2D eigenvalue weighted by molar-refractivity contribution is -0.117. The highest BCUT2D eigenvalue weighted by Gasteiger charge is 2.47. The Bertz CT molecular complexity index is 1370. The molecule has 4 rings (SSSR count). The Kier molecular flexibility index (Phi) is 5.97. The quantitative estimate of drug-likeness (QED) is 0.538. The zero-order chi connectivity index (χ0) is 23.8. The van der Waals surface area contributed by atoms with Crippen molar-refractivity contribution in [1.29, 1.82) is 0 Å². The van der Waals surface area contributed by atoms with Crippen molar-refractivity contribution in [2.45, 2.75) is 10.9 Å². The normalized spacial score (nSPS) is 16.2. The maximum Gasteiger partial charge on any atom is 0.337 e. The Balaban J connectivity index is 1.92. The Morgan fingerprint density at radius 2 is 1.67 bits per heavy atom. The number of sulfone groups is 1. The molecule has 0 aliphatic carbocycles. The van der Waals surface area contributed by atoms with Gasteiger partial charge in [-0.2, -0.15) is 0 Å². The number of hydrogen-bond donors (Lipinski definition) is 1. The fourth-order valence-electron chi connectivity index (χ4n) is 3.70. The molecule has 33 heavy (non-hydrogen) atoms. The molecule has 3 aromatic carbocycles. The van der Waals surface area contributed by atoms with Crippen LogP contribution in [0.3, 0.4) is 0 Å². The first kappa shape index (κ1) is 22.6. The number of hydrogen-bond acceptors (Lipinski definition) is 6. The predicted molar refractivity (Wildman–Crippen MR) is 123 cm³/mol. The van der Waals surface area contributed by atoms with Crippen LogP contribution in [-0.2, 0) is 19.4 Å². The molecule has 0 unspecified atom stereocenters. The van der Waals surface area contributed by atoms with Gasteiger partial charge in [-0.05, 0) is 48.0 Å². The largest absolute Gasteiger partial charge is 0.502 e. The van der Waals surface area contributed by atoms with E-state index in [0.29, 0.717) is 16.3 Å². The van der Waals surface area contributed by atoms with E-state index in [9.17, 15) is 23.1 Å². The Morgan fingerprint density at radius 1 is 1.00 bits per heavy atom. The molecule has 1 heterocycles. The van der Waals surface area contributed by atoms with E-state index in [2.05, 4.69) is 0 Å². The molecule has 0 fully saturated rings. The third-order valence-electron chi connectivity index (χ3n) is 5.24. The second-order valence-corrected chi connectivity index (χ2v) is 9.56. The van der Waals surface area contributed by atoms with Crippen LogP contribution in [0.4, 0.5) is 5.69 Å². The third kappa shape index (κ3) is 3.99. The average molecular weight is 484 g/mol. The van der Waals surface area contributed by atoms with E-state index in [-0.39, 0.29) is 10.5 Å². The first-order valence-electron chi connectivity index (χ1n) is 9.76. The van der Waals surface area contributed by atoms with E-state index < -0.39 is 38.4 Å². The molecule has 3 aromatic rings. The van der Waals surface area contributed by atoms with Crippen molar-refractivity contribution in [3.8, 4) is 0 Å². The summed E-state index contributed by atoms with van der Waals surface area (Å²) in [5, 5.41) is 11.1. The molecule has 168 valence electrons. The fourth-order valence-corrected chi connectivity index (χ4v) is 5.53. The first-order chi connectivity index (χ1) is 15.8. The Labute approximate surface area is 195 Å². The van der Waals surface area contributed by atoms with E-state index >= 15 is 0 Å². The van der Waals surface area contributed by atoms with Crippen molar-refractivity contribution in [2.75, 3.05) is 12.0 Å². The van der Waals surface area contributed by atoms with Gasteiger partial charge in [0.1, 0.15) is 10.9 Å². The molecule has 0 bridgehead atoms. The highest BCUT2D eigenvalue weighted by Crippen LogP contribution is 2.45. The van der Waals surface area contributed by atoms with Gasteiger partial charge in [-0.1, -0.05) is 48.0 Å². The van der Waals surface area contributed by atoms with Crippen LogP contribution in [0.15, 0.2) is 94.4 Å². The topological polar surface area (TPSA) is 101 Å². The summed E-state index contributed by atoms with van der Waals surface area (Å²) in [5.41, 5.74) is 0.925. The van der Waals surface area contributed by atoms with Gasteiger partial charge >= 0.3 is 5.97 Å². The van der Waals surface area contributed by atoms with Crippen molar-refractivity contribution < 1.29 is 27.9 Å². The standard InChI is InChI=1S/C24H18ClNO6S/c1-32-24(29)16-12-10-15(11-13-16)20-22(33(30,31)19-8-3-2-4-9-19)21(27)23(28)26(20)18-7-5-6-17(25)14-18/h2-14,20,27H,1H3/t20-/m0/s1. The number of esters is 1. The molecule has 0 saturated carbocycles. The number of rotatable bonds is 5. The maximum atomic E-state index is 13.5. The molecule has 1 aliphatic rings. The smallest absolute Gasteiger partial charge is 0.337 e. The number of nitrogens with zero attached hydrogens (tertiary/aromatic N) is 1. The third-order valence-corrected chi connectivity index (χ3v) is 7.36. The number of benzene rings is 3. The second kappa shape index (κ2) is 8.73. The number of aliphatic hydroxyl groups excluding tert-OH is 1. The Hall–Kier alpha value is -3.62. The van der Waals surface area contributed by atoms with Crippen molar-refractivity contribution in [3.05, 3.63) is 106 Å². The molecular weight excluding hydrogens is 466 g/mol. The molecule has 9 heteroatoms. The summed E-state index contributed by atoms with van der Waals surface area (Å²) >= 11 is 6.11. The molecule has 1 aliphatic heterocycles. The van der Waals surface area contributed by atoms with Crippen LogP contribution in [0.2, 0.25) is 5.02 Å². The summed E-state index contributed by atoms with van der Waals surface area (Å²) in [4.78, 5) is 25.6. The van der Waals surface area contributed by atoms with E-state index in [1.165, 1.54) is 54.5 Å². The second-order valence-electron chi connectivity index (χ2n) is 7.20. The van der Waals surface area contributed by atoms with Crippen LogP contribution in [0.5, 0.6) is 0 Å². The molecule has 1 amide bonds. The van der Waals surface area contributed by atoms with Gasteiger partial charge in [0.25, 0.3) is 5.91 Å². The molecular formula is C24H18ClNO6S. The number of carbonyl (C=O) groups is 2. The van der Waals surface area contributed by atoms with Crippen LogP contribution < -0.4 is 4.90 Å². The molecule has 1 N–H and O–H groups in total. The van der Waals surface area contributed by atoms with Gasteiger partial charge in [-0.15, -0.1) is 0 Å². The van der Waals surface area contributed by atoms with E-state index in [1.54, 1.807) is 36.4 Å². The van der Waals surface area contributed by atoms with Crippen LogP contribution in [0.1, 0.15) is 22.0 Å². The van der Waals surface area contributed by atoms with Gasteiger partial charge in [-0.3, -0.25) is 9.69 Å². The van der Waals surface area contributed by atoms with Gasteiger partial charge in [0.05, 0.1) is 17.6 Å². The molecule has 0 aromatic heterocycles. The molecule has 0 radical (unpaired) electrons. The van der Waals surface area contributed by atoms with Gasteiger partial charge in [0.2, 0.25) is 9.84 Å². The van der Waals surface area contributed by atoms with E-state index in [0.717, 1.165) is 0 Å². The predicted octanol–water partition coefficient (Wildman–Crippen LogP) is 4.46. The molecule has 0 spiro atoms. The molecule has 1 atom stereocenters. The summed E-state index contributed by atoms with van der Waals surface area (Å²) < 4.78 is 31.8. The van der Waals surface area contributed by atoms with Crippen molar-refractivity contribution in [2.24, 2.45) is 0 Å². The maximum absolute atomic E-state index is 13.5.